The number of para-hydroxylation sites is 1. The number of halogens is 1. The molecule has 0 aliphatic heterocycles. The Labute approximate surface area is 231 Å². The van der Waals surface area contributed by atoms with Crippen molar-refractivity contribution < 1.29 is 27.6 Å². The lowest BCUT2D eigenvalue weighted by Crippen LogP contribution is -2.41. The Hall–Kier alpha value is -3.33. The average Bonchev–Trinajstić information content (AvgIpc) is 3.39. The second kappa shape index (κ2) is 12.7. The Bertz CT molecular complexity index is 1410. The molecule has 0 amide bonds. The van der Waals surface area contributed by atoms with Gasteiger partial charge in [-0.15, -0.1) is 4.72 Å². The van der Waals surface area contributed by atoms with Crippen LogP contribution in [0.1, 0.15) is 50.4 Å². The molecule has 0 bridgehead atoms. The predicted octanol–water partition coefficient (Wildman–Crippen LogP) is 6.85. The van der Waals surface area contributed by atoms with Crippen molar-refractivity contribution in [1.29, 1.82) is 0 Å². The van der Waals surface area contributed by atoms with E-state index in [0.29, 0.717) is 23.5 Å². The highest BCUT2D eigenvalue weighted by Gasteiger charge is 2.30. The van der Waals surface area contributed by atoms with Gasteiger partial charge in [0, 0.05) is 27.9 Å². The summed E-state index contributed by atoms with van der Waals surface area (Å²) in [6.07, 6.45) is 1.77. The highest BCUT2D eigenvalue weighted by atomic mass is 32.2. The molecule has 0 aliphatic carbocycles. The molecule has 1 aromatic heterocycles. The van der Waals surface area contributed by atoms with Gasteiger partial charge in [0.15, 0.2) is 0 Å². The maximum atomic E-state index is 14.0. The van der Waals surface area contributed by atoms with Crippen LogP contribution in [0.4, 0.5) is 4.39 Å². The van der Waals surface area contributed by atoms with Crippen LogP contribution in [0.3, 0.4) is 0 Å². The molecule has 2 atom stereocenters. The van der Waals surface area contributed by atoms with Crippen molar-refractivity contribution in [2.24, 2.45) is 0 Å². The molecule has 0 radical (unpaired) electrons. The molecule has 8 heteroatoms. The molecule has 0 saturated carbocycles. The number of fused-ring (bicyclic) bond motifs is 1. The fraction of sp³-hybridized carbons (Fsp3) is 0.323. The van der Waals surface area contributed by atoms with Crippen LogP contribution in [-0.2, 0) is 33.9 Å². The highest BCUT2D eigenvalue weighted by molar-refractivity contribution is 7.90. The van der Waals surface area contributed by atoms with Gasteiger partial charge in [-0.25, -0.2) is 4.39 Å². The van der Waals surface area contributed by atoms with Gasteiger partial charge >= 0.3 is 5.97 Å². The first-order valence-corrected chi connectivity index (χ1v) is 14.1. The Balaban J connectivity index is 1.61. The number of ether oxygens (including phenoxy) is 2. The third-order valence-corrected chi connectivity index (χ3v) is 7.79. The van der Waals surface area contributed by atoms with Gasteiger partial charge in [-0.3, -0.25) is 4.79 Å². The molecule has 206 valence electrons. The lowest BCUT2D eigenvalue weighted by Gasteiger charge is -2.27. The van der Waals surface area contributed by atoms with E-state index in [1.807, 2.05) is 87.5 Å². The van der Waals surface area contributed by atoms with Crippen molar-refractivity contribution >= 4 is 28.3 Å². The fourth-order valence-electron chi connectivity index (χ4n) is 4.18. The van der Waals surface area contributed by atoms with Crippen molar-refractivity contribution in [3.05, 3.63) is 89.7 Å². The summed E-state index contributed by atoms with van der Waals surface area (Å²) in [5, 5.41) is 0.908. The van der Waals surface area contributed by atoms with Crippen LogP contribution in [-0.4, -0.2) is 28.6 Å². The number of hydrogen-bond donors (Lipinski definition) is 1. The molecule has 1 N–H and O–H groups in total. The maximum Gasteiger partial charge on any atom is 0.310 e. The quantitative estimate of drug-likeness (QED) is 0.162. The van der Waals surface area contributed by atoms with Crippen molar-refractivity contribution in [2.75, 3.05) is 13.3 Å². The molecular formula is C31H34FNO5S. The minimum atomic E-state index is -1.42. The summed E-state index contributed by atoms with van der Waals surface area (Å²) in [5.41, 5.74) is 4.75. The first-order chi connectivity index (χ1) is 18.7. The molecule has 0 saturated heterocycles. The van der Waals surface area contributed by atoms with Gasteiger partial charge in [-0.2, -0.15) is 0 Å². The van der Waals surface area contributed by atoms with E-state index in [4.69, 9.17) is 13.9 Å². The topological polar surface area (TPSA) is 83.8 Å². The number of rotatable bonds is 11. The van der Waals surface area contributed by atoms with E-state index in [0.717, 1.165) is 27.6 Å². The summed E-state index contributed by atoms with van der Waals surface area (Å²) in [6, 6.07) is 20.1. The van der Waals surface area contributed by atoms with Crippen molar-refractivity contribution in [1.82, 2.24) is 4.72 Å². The minimum Gasteiger partial charge on any atom is -0.598 e. The first kappa shape index (κ1) is 28.7. The molecule has 39 heavy (non-hydrogen) atoms. The van der Waals surface area contributed by atoms with Crippen LogP contribution < -0.4 is 9.46 Å². The monoisotopic (exact) mass is 551 g/mol. The van der Waals surface area contributed by atoms with E-state index < -0.39 is 28.8 Å². The summed E-state index contributed by atoms with van der Waals surface area (Å²) >= 11 is -1.42. The summed E-state index contributed by atoms with van der Waals surface area (Å²) in [7, 11) is 0. The van der Waals surface area contributed by atoms with Crippen molar-refractivity contribution in [3.8, 4) is 16.9 Å². The smallest absolute Gasteiger partial charge is 0.310 e. The number of benzene rings is 3. The Morgan fingerprint density at radius 3 is 2.64 bits per heavy atom. The minimum absolute atomic E-state index is 0.132. The van der Waals surface area contributed by atoms with Gasteiger partial charge in [0.05, 0.1) is 19.3 Å². The van der Waals surface area contributed by atoms with Crippen molar-refractivity contribution in [2.45, 2.75) is 51.5 Å². The van der Waals surface area contributed by atoms with Gasteiger partial charge in [0.1, 0.15) is 35.4 Å². The molecule has 6 nitrogen and oxygen atoms in total. The number of alkyl halides is 1. The van der Waals surface area contributed by atoms with E-state index >= 15 is 0 Å². The standard InChI is InChI=1S/C31H34FNO5S/c1-5-36-29(34)18-24-9-6-7-12-28(24)38-20-21-15-25-13-14-37-30(25)26(16-21)22-10-8-11-23(17-22)27(19-32)33-39(35)31(2,3)4/h6-17,27,33H,5,18-20H2,1-4H3/t27-,39?/m0/s1. The van der Waals surface area contributed by atoms with E-state index in [2.05, 4.69) is 4.72 Å². The zero-order valence-corrected chi connectivity index (χ0v) is 23.5. The summed E-state index contributed by atoms with van der Waals surface area (Å²) in [5.74, 6) is 0.313. The van der Waals surface area contributed by atoms with Crippen molar-refractivity contribution in [3.63, 3.8) is 0 Å². The highest BCUT2D eigenvalue weighted by Crippen LogP contribution is 2.33. The number of carbonyl (C=O) groups excluding carboxylic acids is 1. The predicted molar refractivity (Wildman–Crippen MR) is 153 cm³/mol. The lowest BCUT2D eigenvalue weighted by atomic mass is 9.97. The Morgan fingerprint density at radius 1 is 1.10 bits per heavy atom. The van der Waals surface area contributed by atoms with E-state index in [-0.39, 0.29) is 19.0 Å². The fourth-order valence-corrected chi connectivity index (χ4v) is 4.99. The molecule has 4 rings (SSSR count). The van der Waals surface area contributed by atoms with E-state index in [9.17, 15) is 13.7 Å². The molecule has 0 spiro atoms. The van der Waals surface area contributed by atoms with E-state index in [1.165, 1.54) is 0 Å². The number of nitrogens with one attached hydrogen (secondary N) is 1. The second-order valence-electron chi connectivity index (χ2n) is 10.2. The van der Waals surface area contributed by atoms with Crippen LogP contribution in [0.15, 0.2) is 77.4 Å². The third-order valence-electron chi connectivity index (χ3n) is 6.18. The third kappa shape index (κ3) is 7.20. The zero-order valence-electron chi connectivity index (χ0n) is 22.7. The van der Waals surface area contributed by atoms with Crippen LogP contribution in [0.2, 0.25) is 0 Å². The van der Waals surface area contributed by atoms with Gasteiger partial charge < -0.3 is 18.4 Å². The van der Waals surface area contributed by atoms with E-state index in [1.54, 1.807) is 13.2 Å². The lowest BCUT2D eigenvalue weighted by molar-refractivity contribution is -0.142. The Morgan fingerprint density at radius 2 is 1.90 bits per heavy atom. The van der Waals surface area contributed by atoms with Gasteiger partial charge in [-0.05, 0) is 74.7 Å². The van der Waals surface area contributed by atoms with Crippen LogP contribution in [0.5, 0.6) is 5.75 Å². The number of esters is 1. The Kier molecular flexibility index (Phi) is 9.32. The van der Waals surface area contributed by atoms with Crippen LogP contribution in [0.25, 0.3) is 22.1 Å². The molecule has 1 heterocycles. The van der Waals surface area contributed by atoms with Gasteiger partial charge in [0.2, 0.25) is 0 Å². The molecule has 0 fully saturated rings. The maximum absolute atomic E-state index is 14.0. The number of furan rings is 1. The summed E-state index contributed by atoms with van der Waals surface area (Å²) in [4.78, 5) is 12.0. The van der Waals surface area contributed by atoms with Gasteiger partial charge in [0.25, 0.3) is 0 Å². The van der Waals surface area contributed by atoms with Crippen LogP contribution in [0, 0.1) is 0 Å². The largest absolute Gasteiger partial charge is 0.598 e. The molecule has 4 aromatic rings. The summed E-state index contributed by atoms with van der Waals surface area (Å²) < 4.78 is 46.1. The van der Waals surface area contributed by atoms with Crippen LogP contribution >= 0.6 is 0 Å². The SMILES string of the molecule is CCOC(=O)Cc1ccccc1OCc1cc(-c2cccc([C@H](CF)N[S+]([O-])C(C)(C)C)c2)c2occc2c1. The molecule has 3 aromatic carbocycles. The number of carbonyl (C=O) groups is 1. The second-order valence-corrected chi connectivity index (χ2v) is 12.2. The number of hydrogen-bond acceptors (Lipinski definition) is 6. The normalized spacial score (nSPS) is 13.3. The first-order valence-electron chi connectivity index (χ1n) is 12.9. The average molecular weight is 552 g/mol. The molecule has 1 unspecified atom stereocenters. The summed E-state index contributed by atoms with van der Waals surface area (Å²) in [6.45, 7) is 7.22. The van der Waals surface area contributed by atoms with Gasteiger partial charge in [-0.1, -0.05) is 36.4 Å². The molecular weight excluding hydrogens is 517 g/mol. The molecule has 0 aliphatic rings. The zero-order chi connectivity index (χ0) is 28.0.